The van der Waals surface area contributed by atoms with Gasteiger partial charge in [0, 0.05) is 23.8 Å². The maximum absolute atomic E-state index is 12.3. The maximum Gasteiger partial charge on any atom is 0.278 e. The third-order valence-corrected chi connectivity index (χ3v) is 5.51. The highest BCUT2D eigenvalue weighted by molar-refractivity contribution is 7.92. The Labute approximate surface area is 159 Å². The fourth-order valence-electron chi connectivity index (χ4n) is 2.99. The number of nitrogens with zero attached hydrogens (tertiary/aromatic N) is 2. The van der Waals surface area contributed by atoms with Crippen molar-refractivity contribution in [3.05, 3.63) is 53.7 Å². The summed E-state index contributed by atoms with van der Waals surface area (Å²) in [5.74, 6) is 0.723. The molecular formula is C19H23N3O4S. The lowest BCUT2D eigenvalue weighted by Crippen LogP contribution is -2.38. The van der Waals surface area contributed by atoms with Crippen molar-refractivity contribution < 1.29 is 17.9 Å². The van der Waals surface area contributed by atoms with Crippen molar-refractivity contribution in [1.82, 2.24) is 14.7 Å². The van der Waals surface area contributed by atoms with E-state index in [0.717, 1.165) is 18.4 Å². The van der Waals surface area contributed by atoms with Crippen molar-refractivity contribution >= 4 is 16.1 Å². The second kappa shape index (κ2) is 8.96. The number of hydrogen-bond donors (Lipinski definition) is 1. The molecule has 1 aliphatic carbocycles. The molecule has 1 saturated carbocycles. The van der Waals surface area contributed by atoms with Gasteiger partial charge in [0.15, 0.2) is 0 Å². The monoisotopic (exact) mass is 389 g/mol. The van der Waals surface area contributed by atoms with E-state index in [-0.39, 0.29) is 12.1 Å². The predicted octanol–water partition coefficient (Wildman–Crippen LogP) is 2.77. The molecular weight excluding hydrogens is 366 g/mol. The van der Waals surface area contributed by atoms with Crippen molar-refractivity contribution in [2.75, 3.05) is 7.11 Å². The van der Waals surface area contributed by atoms with Crippen LogP contribution >= 0.6 is 0 Å². The Bertz CT molecular complexity index is 864. The molecule has 7 nitrogen and oxygen atoms in total. The average Bonchev–Trinajstić information content (AvgIpc) is 2.69. The quantitative estimate of drug-likeness (QED) is 0.783. The van der Waals surface area contributed by atoms with E-state index in [4.69, 9.17) is 9.47 Å². The first kappa shape index (κ1) is 19.3. The van der Waals surface area contributed by atoms with Crippen LogP contribution in [0.25, 0.3) is 6.08 Å². The molecule has 0 aliphatic heterocycles. The zero-order valence-electron chi connectivity index (χ0n) is 15.1. The van der Waals surface area contributed by atoms with Gasteiger partial charge in [-0.2, -0.15) is 0 Å². The van der Waals surface area contributed by atoms with Gasteiger partial charge in [-0.15, -0.1) is 0 Å². The van der Waals surface area contributed by atoms with Gasteiger partial charge in [-0.3, -0.25) is 0 Å². The molecule has 1 aromatic heterocycles. The highest BCUT2D eigenvalue weighted by atomic mass is 32.2. The molecule has 1 aromatic carbocycles. The van der Waals surface area contributed by atoms with Crippen LogP contribution in [0.5, 0.6) is 11.8 Å². The van der Waals surface area contributed by atoms with Crippen LogP contribution in [0.3, 0.4) is 0 Å². The lowest BCUT2D eigenvalue weighted by atomic mass is 9.94. The van der Waals surface area contributed by atoms with E-state index >= 15 is 0 Å². The third-order valence-electron chi connectivity index (χ3n) is 4.35. The normalized spacial score (nSPS) is 20.5. The molecule has 1 N–H and O–H groups in total. The molecule has 1 aliphatic rings. The molecule has 0 saturated heterocycles. The van der Waals surface area contributed by atoms with Crippen molar-refractivity contribution in [3.8, 4) is 11.8 Å². The Morgan fingerprint density at radius 3 is 2.37 bits per heavy atom. The van der Waals surface area contributed by atoms with Crippen LogP contribution < -0.4 is 14.2 Å². The highest BCUT2D eigenvalue weighted by Gasteiger charge is 2.26. The predicted molar refractivity (Wildman–Crippen MR) is 103 cm³/mol. The Hall–Kier alpha value is -2.45. The van der Waals surface area contributed by atoms with E-state index in [0.29, 0.717) is 24.6 Å². The second-order valence-electron chi connectivity index (χ2n) is 6.34. The van der Waals surface area contributed by atoms with Crippen molar-refractivity contribution in [1.29, 1.82) is 0 Å². The molecule has 27 heavy (non-hydrogen) atoms. The largest absolute Gasteiger partial charge is 0.477 e. The van der Waals surface area contributed by atoms with Gasteiger partial charge in [-0.05, 0) is 37.3 Å². The van der Waals surface area contributed by atoms with Gasteiger partial charge in [0.2, 0.25) is 10.0 Å². The zero-order chi connectivity index (χ0) is 19.1. The standard InChI is InChI=1S/C19H23N3O4S/c1-25-18-19(21-13-12-20-18)26-17-9-7-16(8-10-17)22-27(23,24)14-11-15-5-3-2-4-6-15/h2-6,11-14,16-17,22H,7-10H2,1H3/b14-11+. The molecule has 1 heterocycles. The van der Waals surface area contributed by atoms with E-state index < -0.39 is 10.0 Å². The van der Waals surface area contributed by atoms with E-state index in [1.54, 1.807) is 18.5 Å². The molecule has 144 valence electrons. The lowest BCUT2D eigenvalue weighted by molar-refractivity contribution is 0.132. The zero-order valence-corrected chi connectivity index (χ0v) is 15.9. The van der Waals surface area contributed by atoms with Crippen LogP contribution in [0.2, 0.25) is 0 Å². The smallest absolute Gasteiger partial charge is 0.278 e. The molecule has 1 fully saturated rings. The van der Waals surface area contributed by atoms with Crippen LogP contribution in [-0.2, 0) is 10.0 Å². The van der Waals surface area contributed by atoms with Crippen LogP contribution in [-0.4, -0.2) is 37.6 Å². The van der Waals surface area contributed by atoms with Crippen molar-refractivity contribution in [2.24, 2.45) is 0 Å². The number of nitrogens with one attached hydrogen (secondary N) is 1. The highest BCUT2D eigenvalue weighted by Crippen LogP contribution is 2.27. The molecule has 2 aromatic rings. The summed E-state index contributed by atoms with van der Waals surface area (Å²) in [4.78, 5) is 8.21. The molecule has 0 atom stereocenters. The SMILES string of the molecule is COc1nccnc1OC1CCC(NS(=O)(=O)/C=C/c2ccccc2)CC1. The Balaban J connectivity index is 1.51. The Morgan fingerprint density at radius 1 is 1.04 bits per heavy atom. The number of rotatable bonds is 7. The van der Waals surface area contributed by atoms with Crippen LogP contribution in [0.4, 0.5) is 0 Å². The Morgan fingerprint density at radius 2 is 1.70 bits per heavy atom. The van der Waals surface area contributed by atoms with E-state index in [2.05, 4.69) is 14.7 Å². The molecule has 0 radical (unpaired) electrons. The Kier molecular flexibility index (Phi) is 6.41. The van der Waals surface area contributed by atoms with Gasteiger partial charge in [0.1, 0.15) is 6.10 Å². The van der Waals surface area contributed by atoms with E-state index in [9.17, 15) is 8.42 Å². The van der Waals surface area contributed by atoms with Crippen LogP contribution in [0.1, 0.15) is 31.2 Å². The number of aromatic nitrogens is 2. The fraction of sp³-hybridized carbons (Fsp3) is 0.368. The van der Waals surface area contributed by atoms with Crippen molar-refractivity contribution in [3.63, 3.8) is 0 Å². The van der Waals surface area contributed by atoms with Gasteiger partial charge in [-0.25, -0.2) is 23.1 Å². The van der Waals surface area contributed by atoms with Gasteiger partial charge in [0.05, 0.1) is 7.11 Å². The van der Waals surface area contributed by atoms with Crippen LogP contribution in [0.15, 0.2) is 48.1 Å². The summed E-state index contributed by atoms with van der Waals surface area (Å²) in [5.41, 5.74) is 0.845. The minimum Gasteiger partial charge on any atom is -0.477 e. The first-order valence-electron chi connectivity index (χ1n) is 8.83. The summed E-state index contributed by atoms with van der Waals surface area (Å²) in [5, 5.41) is 1.22. The summed E-state index contributed by atoms with van der Waals surface area (Å²) in [6, 6.07) is 9.24. The van der Waals surface area contributed by atoms with Gasteiger partial charge in [-0.1, -0.05) is 30.3 Å². The first-order chi connectivity index (χ1) is 13.1. The number of ether oxygens (including phenoxy) is 2. The molecule has 0 bridgehead atoms. The fourth-order valence-corrected chi connectivity index (χ4v) is 4.11. The first-order valence-corrected chi connectivity index (χ1v) is 10.4. The summed E-state index contributed by atoms with van der Waals surface area (Å²) < 4.78 is 38.3. The summed E-state index contributed by atoms with van der Waals surface area (Å²) in [6.07, 6.45) is 7.52. The van der Waals surface area contributed by atoms with E-state index in [1.807, 2.05) is 30.3 Å². The summed E-state index contributed by atoms with van der Waals surface area (Å²) in [6.45, 7) is 0. The van der Waals surface area contributed by atoms with Gasteiger partial charge in [0.25, 0.3) is 11.8 Å². The average molecular weight is 389 g/mol. The maximum atomic E-state index is 12.3. The summed E-state index contributed by atoms with van der Waals surface area (Å²) >= 11 is 0. The topological polar surface area (TPSA) is 90.4 Å². The molecule has 0 amide bonds. The number of benzene rings is 1. The second-order valence-corrected chi connectivity index (χ2v) is 7.94. The molecule has 0 unspecified atom stereocenters. The number of hydrogen-bond acceptors (Lipinski definition) is 6. The number of methoxy groups -OCH3 is 1. The van der Waals surface area contributed by atoms with Crippen molar-refractivity contribution in [2.45, 2.75) is 37.8 Å². The lowest BCUT2D eigenvalue weighted by Gasteiger charge is -2.28. The van der Waals surface area contributed by atoms with Crippen LogP contribution in [0, 0.1) is 0 Å². The molecule has 8 heteroatoms. The third kappa shape index (κ3) is 5.77. The van der Waals surface area contributed by atoms with E-state index in [1.165, 1.54) is 12.5 Å². The summed E-state index contributed by atoms with van der Waals surface area (Å²) in [7, 11) is -1.96. The minimum absolute atomic E-state index is 0.0313. The number of sulfonamides is 1. The molecule has 0 spiro atoms. The van der Waals surface area contributed by atoms with Gasteiger partial charge < -0.3 is 9.47 Å². The molecule has 3 rings (SSSR count). The minimum atomic E-state index is -3.48. The van der Waals surface area contributed by atoms with Gasteiger partial charge >= 0.3 is 0 Å².